The van der Waals surface area contributed by atoms with Crippen LogP contribution in [-0.2, 0) is 6.18 Å². The first-order valence-corrected chi connectivity index (χ1v) is 6.55. The molecule has 1 unspecified atom stereocenters. The number of rotatable bonds is 3. The lowest BCUT2D eigenvalue weighted by Gasteiger charge is -2.13. The standard InChI is InChI=1S/C12H14F3NS/c13-12(14,15)10-3-1-2-4-11(10)17-8-9-5-6-16-7-9/h1-4,9,16H,5-8H2. The lowest BCUT2D eigenvalue weighted by Crippen LogP contribution is -2.11. The maximum atomic E-state index is 12.7. The Morgan fingerprint density at radius 2 is 2.06 bits per heavy atom. The van der Waals surface area contributed by atoms with Gasteiger partial charge in [-0.3, -0.25) is 0 Å². The van der Waals surface area contributed by atoms with Gasteiger partial charge < -0.3 is 5.32 Å². The lowest BCUT2D eigenvalue weighted by molar-refractivity contribution is -0.139. The molecule has 1 aliphatic heterocycles. The third kappa shape index (κ3) is 3.39. The SMILES string of the molecule is FC(F)(F)c1ccccc1SCC1CCNC1. The molecule has 0 radical (unpaired) electrons. The van der Waals surface area contributed by atoms with E-state index in [9.17, 15) is 13.2 Å². The van der Waals surface area contributed by atoms with E-state index in [1.54, 1.807) is 12.1 Å². The molecule has 17 heavy (non-hydrogen) atoms. The molecule has 1 saturated heterocycles. The van der Waals surface area contributed by atoms with E-state index in [1.807, 2.05) is 0 Å². The van der Waals surface area contributed by atoms with Gasteiger partial charge in [0.05, 0.1) is 5.56 Å². The predicted molar refractivity (Wildman–Crippen MR) is 63.1 cm³/mol. The van der Waals surface area contributed by atoms with E-state index in [0.29, 0.717) is 10.8 Å². The zero-order valence-electron chi connectivity index (χ0n) is 9.26. The predicted octanol–water partition coefficient (Wildman–Crippen LogP) is 3.41. The summed E-state index contributed by atoms with van der Waals surface area (Å²) in [6.07, 6.45) is -3.20. The molecule has 5 heteroatoms. The number of benzene rings is 1. The van der Waals surface area contributed by atoms with Crippen LogP contribution in [0, 0.1) is 5.92 Å². The summed E-state index contributed by atoms with van der Waals surface area (Å²) in [7, 11) is 0. The summed E-state index contributed by atoms with van der Waals surface area (Å²) in [5, 5.41) is 3.22. The highest BCUT2D eigenvalue weighted by molar-refractivity contribution is 7.99. The van der Waals surface area contributed by atoms with Crippen LogP contribution in [0.1, 0.15) is 12.0 Å². The summed E-state index contributed by atoms with van der Waals surface area (Å²) in [4.78, 5) is 0.340. The van der Waals surface area contributed by atoms with Gasteiger partial charge in [-0.2, -0.15) is 13.2 Å². The van der Waals surface area contributed by atoms with Crippen molar-refractivity contribution in [1.29, 1.82) is 0 Å². The molecule has 1 fully saturated rings. The quantitative estimate of drug-likeness (QED) is 0.837. The zero-order valence-corrected chi connectivity index (χ0v) is 10.1. The summed E-state index contributed by atoms with van der Waals surface area (Å²) in [6, 6.07) is 5.79. The number of alkyl halides is 3. The van der Waals surface area contributed by atoms with Crippen molar-refractivity contribution in [3.63, 3.8) is 0 Å². The van der Waals surface area contributed by atoms with Crippen molar-refractivity contribution < 1.29 is 13.2 Å². The van der Waals surface area contributed by atoms with Gasteiger partial charge in [0.2, 0.25) is 0 Å². The van der Waals surface area contributed by atoms with Gasteiger partial charge in [-0.1, -0.05) is 12.1 Å². The second-order valence-electron chi connectivity index (χ2n) is 4.16. The third-order valence-electron chi connectivity index (χ3n) is 2.83. The molecule has 0 aliphatic carbocycles. The molecule has 1 atom stereocenters. The molecule has 1 aromatic carbocycles. The van der Waals surface area contributed by atoms with Gasteiger partial charge in [0.15, 0.2) is 0 Å². The van der Waals surface area contributed by atoms with Crippen molar-refractivity contribution in [3.8, 4) is 0 Å². The Balaban J connectivity index is 2.04. The van der Waals surface area contributed by atoms with Crippen molar-refractivity contribution in [2.45, 2.75) is 17.5 Å². The van der Waals surface area contributed by atoms with Crippen LogP contribution in [0.3, 0.4) is 0 Å². The molecule has 1 N–H and O–H groups in total. The number of nitrogens with one attached hydrogen (secondary N) is 1. The van der Waals surface area contributed by atoms with Gasteiger partial charge in [0, 0.05) is 10.6 Å². The van der Waals surface area contributed by atoms with Crippen molar-refractivity contribution in [2.24, 2.45) is 5.92 Å². The van der Waals surface area contributed by atoms with Crippen molar-refractivity contribution in [2.75, 3.05) is 18.8 Å². The Bertz CT molecular complexity index is 372. The highest BCUT2D eigenvalue weighted by Gasteiger charge is 2.33. The molecule has 0 amide bonds. The fourth-order valence-corrected chi connectivity index (χ4v) is 3.10. The van der Waals surface area contributed by atoms with Crippen LogP contribution >= 0.6 is 11.8 Å². The van der Waals surface area contributed by atoms with E-state index in [1.165, 1.54) is 17.8 Å². The Morgan fingerprint density at radius 1 is 1.29 bits per heavy atom. The van der Waals surface area contributed by atoms with Gasteiger partial charge in [0.25, 0.3) is 0 Å². The fourth-order valence-electron chi connectivity index (χ4n) is 1.89. The zero-order chi connectivity index (χ0) is 12.3. The topological polar surface area (TPSA) is 12.0 Å². The molecular weight excluding hydrogens is 247 g/mol. The second-order valence-corrected chi connectivity index (χ2v) is 5.23. The molecule has 94 valence electrons. The van der Waals surface area contributed by atoms with Crippen LogP contribution in [0.25, 0.3) is 0 Å². The van der Waals surface area contributed by atoms with Crippen molar-refractivity contribution in [3.05, 3.63) is 29.8 Å². The normalized spacial score (nSPS) is 20.8. The Labute approximate surface area is 103 Å². The number of hydrogen-bond acceptors (Lipinski definition) is 2. The van der Waals surface area contributed by atoms with E-state index in [0.717, 1.165) is 31.3 Å². The Kier molecular flexibility index (Phi) is 3.99. The Morgan fingerprint density at radius 3 is 2.71 bits per heavy atom. The molecule has 0 aromatic heterocycles. The third-order valence-corrected chi connectivity index (χ3v) is 4.13. The highest BCUT2D eigenvalue weighted by atomic mass is 32.2. The summed E-state index contributed by atoms with van der Waals surface area (Å²) >= 11 is 1.31. The van der Waals surface area contributed by atoms with Crippen LogP contribution in [0.4, 0.5) is 13.2 Å². The first kappa shape index (κ1) is 12.8. The molecule has 0 saturated carbocycles. The summed E-state index contributed by atoms with van der Waals surface area (Å²) in [5.41, 5.74) is -0.518. The lowest BCUT2D eigenvalue weighted by atomic mass is 10.2. The van der Waals surface area contributed by atoms with Crippen LogP contribution in [0.2, 0.25) is 0 Å². The maximum Gasteiger partial charge on any atom is 0.417 e. The molecule has 2 rings (SSSR count). The van der Waals surface area contributed by atoms with Crippen LogP contribution in [-0.4, -0.2) is 18.8 Å². The molecule has 0 spiro atoms. The molecular formula is C12H14F3NS. The van der Waals surface area contributed by atoms with Crippen LogP contribution in [0.15, 0.2) is 29.2 Å². The fraction of sp³-hybridized carbons (Fsp3) is 0.500. The number of halogens is 3. The van der Waals surface area contributed by atoms with Gasteiger partial charge in [-0.15, -0.1) is 11.8 Å². The molecule has 1 aliphatic rings. The summed E-state index contributed by atoms with van der Waals surface area (Å²) in [6.45, 7) is 1.90. The number of hydrogen-bond donors (Lipinski definition) is 1. The van der Waals surface area contributed by atoms with Gasteiger partial charge in [-0.05, 0) is 37.6 Å². The highest BCUT2D eigenvalue weighted by Crippen LogP contribution is 2.37. The minimum Gasteiger partial charge on any atom is -0.316 e. The van der Waals surface area contributed by atoms with E-state index >= 15 is 0 Å². The van der Waals surface area contributed by atoms with Crippen molar-refractivity contribution in [1.82, 2.24) is 5.32 Å². The Hall–Kier alpha value is -0.680. The summed E-state index contributed by atoms with van der Waals surface area (Å²) in [5.74, 6) is 1.24. The average Bonchev–Trinajstić information content (AvgIpc) is 2.78. The van der Waals surface area contributed by atoms with E-state index < -0.39 is 11.7 Å². The molecule has 1 aromatic rings. The average molecular weight is 261 g/mol. The van der Waals surface area contributed by atoms with Gasteiger partial charge in [0.1, 0.15) is 0 Å². The summed E-state index contributed by atoms with van der Waals surface area (Å²) < 4.78 is 38.2. The minimum atomic E-state index is -4.25. The van der Waals surface area contributed by atoms with Crippen LogP contribution in [0.5, 0.6) is 0 Å². The minimum absolute atomic E-state index is 0.340. The van der Waals surface area contributed by atoms with Crippen LogP contribution < -0.4 is 5.32 Å². The van der Waals surface area contributed by atoms with E-state index in [4.69, 9.17) is 0 Å². The monoisotopic (exact) mass is 261 g/mol. The number of thioether (sulfide) groups is 1. The van der Waals surface area contributed by atoms with Gasteiger partial charge >= 0.3 is 6.18 Å². The van der Waals surface area contributed by atoms with E-state index in [2.05, 4.69) is 5.32 Å². The molecule has 1 heterocycles. The second kappa shape index (κ2) is 5.31. The maximum absolute atomic E-state index is 12.7. The van der Waals surface area contributed by atoms with E-state index in [-0.39, 0.29) is 0 Å². The van der Waals surface area contributed by atoms with Crippen molar-refractivity contribution >= 4 is 11.8 Å². The first-order chi connectivity index (χ1) is 8.07. The molecule has 1 nitrogen and oxygen atoms in total. The largest absolute Gasteiger partial charge is 0.417 e. The smallest absolute Gasteiger partial charge is 0.316 e. The molecule has 0 bridgehead atoms. The first-order valence-electron chi connectivity index (χ1n) is 5.57. The van der Waals surface area contributed by atoms with Gasteiger partial charge in [-0.25, -0.2) is 0 Å².